The number of amides is 2. The molecule has 0 spiro atoms. The van der Waals surface area contributed by atoms with Gasteiger partial charge in [0.2, 0.25) is 0 Å². The highest BCUT2D eigenvalue weighted by atomic mass is 16.5. The van der Waals surface area contributed by atoms with Crippen LogP contribution in [0.4, 0.5) is 4.79 Å². The number of morpholine rings is 1. The fourth-order valence-corrected chi connectivity index (χ4v) is 1.80. The lowest BCUT2D eigenvalue weighted by molar-refractivity contribution is -0.137. The molecule has 1 fully saturated rings. The minimum Gasteiger partial charge on any atom is -0.481 e. The lowest BCUT2D eigenvalue weighted by atomic mass is 10.0. The summed E-state index contributed by atoms with van der Waals surface area (Å²) in [5.74, 6) is -0.927. The first-order valence-corrected chi connectivity index (χ1v) is 6.22. The summed E-state index contributed by atoms with van der Waals surface area (Å²) in [6, 6.07) is 1.19. The molecule has 1 aliphatic heterocycles. The van der Waals surface area contributed by atoms with Gasteiger partial charge in [0.05, 0.1) is 25.6 Å². The van der Waals surface area contributed by atoms with Gasteiger partial charge >= 0.3 is 12.0 Å². The zero-order valence-corrected chi connectivity index (χ0v) is 11.1. The molecule has 1 aliphatic rings. The van der Waals surface area contributed by atoms with Gasteiger partial charge < -0.3 is 20.1 Å². The zero-order valence-electron chi connectivity index (χ0n) is 11.1. The van der Waals surface area contributed by atoms with Crippen LogP contribution in [0.3, 0.4) is 0 Å². The number of ether oxygens (including phenoxy) is 1. The largest absolute Gasteiger partial charge is 0.481 e. The third-order valence-corrected chi connectivity index (χ3v) is 3.01. The second kappa shape index (κ2) is 6.95. The van der Waals surface area contributed by atoms with Crippen LogP contribution < -0.4 is 5.32 Å². The standard InChI is InChI=1S/C12H19N3O4/c1-8(2)10(5-11(16)17)14-12(18)15-3-4-19-9(6-13)7-15/h8-10H,3-5,7H2,1-2H3,(H,14,18)(H,16,17). The Labute approximate surface area is 112 Å². The highest BCUT2D eigenvalue weighted by Crippen LogP contribution is 2.09. The average molecular weight is 269 g/mol. The molecule has 1 saturated heterocycles. The number of carbonyl (C=O) groups excluding carboxylic acids is 1. The van der Waals surface area contributed by atoms with Gasteiger partial charge in [0.1, 0.15) is 0 Å². The normalized spacial score (nSPS) is 20.7. The van der Waals surface area contributed by atoms with Crippen LogP contribution in [0.5, 0.6) is 0 Å². The molecule has 7 nitrogen and oxygen atoms in total. The van der Waals surface area contributed by atoms with Gasteiger partial charge in [-0.25, -0.2) is 4.79 Å². The molecule has 0 radical (unpaired) electrons. The Morgan fingerprint density at radius 2 is 2.26 bits per heavy atom. The third kappa shape index (κ3) is 4.75. The van der Waals surface area contributed by atoms with Crippen LogP contribution in [0, 0.1) is 17.2 Å². The van der Waals surface area contributed by atoms with Crippen LogP contribution in [0.1, 0.15) is 20.3 Å². The molecule has 0 aliphatic carbocycles. The number of hydrogen-bond donors (Lipinski definition) is 2. The number of aliphatic carboxylic acids is 1. The van der Waals surface area contributed by atoms with E-state index in [1.807, 2.05) is 19.9 Å². The van der Waals surface area contributed by atoms with Gasteiger partial charge in [0.15, 0.2) is 6.10 Å². The number of hydrogen-bond acceptors (Lipinski definition) is 4. The van der Waals surface area contributed by atoms with E-state index in [0.29, 0.717) is 13.2 Å². The van der Waals surface area contributed by atoms with E-state index in [9.17, 15) is 9.59 Å². The maximum atomic E-state index is 12.0. The van der Waals surface area contributed by atoms with Crippen molar-refractivity contribution in [1.82, 2.24) is 10.2 Å². The van der Waals surface area contributed by atoms with Crippen LogP contribution in [0.15, 0.2) is 0 Å². The molecule has 0 saturated carbocycles. The van der Waals surface area contributed by atoms with E-state index in [-0.39, 0.29) is 24.9 Å². The first-order chi connectivity index (χ1) is 8.93. The fourth-order valence-electron chi connectivity index (χ4n) is 1.80. The summed E-state index contributed by atoms with van der Waals surface area (Å²) in [5.41, 5.74) is 0. The number of nitrogens with zero attached hydrogens (tertiary/aromatic N) is 2. The number of nitrogens with one attached hydrogen (secondary N) is 1. The minimum atomic E-state index is -0.948. The third-order valence-electron chi connectivity index (χ3n) is 3.01. The van der Waals surface area contributed by atoms with Crippen LogP contribution in [-0.4, -0.2) is 53.8 Å². The maximum absolute atomic E-state index is 12.0. The van der Waals surface area contributed by atoms with E-state index in [1.54, 1.807) is 0 Å². The summed E-state index contributed by atoms with van der Waals surface area (Å²) in [6.07, 6.45) is -0.730. The Hall–Kier alpha value is -1.81. The number of carbonyl (C=O) groups is 2. The predicted octanol–water partition coefficient (Wildman–Crippen LogP) is 0.420. The second-order valence-corrected chi connectivity index (χ2v) is 4.83. The summed E-state index contributed by atoms with van der Waals surface area (Å²) < 4.78 is 5.15. The second-order valence-electron chi connectivity index (χ2n) is 4.83. The van der Waals surface area contributed by atoms with Crippen molar-refractivity contribution >= 4 is 12.0 Å². The molecular weight excluding hydrogens is 250 g/mol. The Bertz CT molecular complexity index is 378. The Morgan fingerprint density at radius 1 is 1.58 bits per heavy atom. The first kappa shape index (κ1) is 15.2. The zero-order chi connectivity index (χ0) is 14.4. The van der Waals surface area contributed by atoms with Crippen LogP contribution >= 0.6 is 0 Å². The van der Waals surface area contributed by atoms with Crippen LogP contribution in [-0.2, 0) is 9.53 Å². The van der Waals surface area contributed by atoms with E-state index >= 15 is 0 Å². The van der Waals surface area contributed by atoms with Crippen molar-refractivity contribution in [2.45, 2.75) is 32.4 Å². The molecule has 2 atom stereocenters. The van der Waals surface area contributed by atoms with E-state index in [2.05, 4.69) is 5.32 Å². The van der Waals surface area contributed by atoms with E-state index in [4.69, 9.17) is 15.1 Å². The first-order valence-electron chi connectivity index (χ1n) is 6.22. The fraction of sp³-hybridized carbons (Fsp3) is 0.750. The molecule has 1 heterocycles. The van der Waals surface area contributed by atoms with Gasteiger partial charge in [0.25, 0.3) is 0 Å². The maximum Gasteiger partial charge on any atom is 0.317 e. The van der Waals surface area contributed by atoms with Gasteiger partial charge in [-0.1, -0.05) is 13.8 Å². The number of urea groups is 1. The highest BCUT2D eigenvalue weighted by molar-refractivity contribution is 5.76. The van der Waals surface area contributed by atoms with Gasteiger partial charge in [-0.05, 0) is 5.92 Å². The molecule has 2 unspecified atom stereocenters. The van der Waals surface area contributed by atoms with E-state index < -0.39 is 18.1 Å². The molecule has 106 valence electrons. The van der Waals surface area contributed by atoms with Gasteiger partial charge in [-0.15, -0.1) is 0 Å². The molecule has 0 aromatic heterocycles. The SMILES string of the molecule is CC(C)C(CC(=O)O)NC(=O)N1CCOC(C#N)C1. The van der Waals surface area contributed by atoms with Crippen molar-refractivity contribution in [3.8, 4) is 6.07 Å². The molecule has 2 amide bonds. The molecule has 1 rings (SSSR count). The van der Waals surface area contributed by atoms with Gasteiger partial charge in [-0.3, -0.25) is 4.79 Å². The minimum absolute atomic E-state index is 0.0212. The molecule has 7 heteroatoms. The van der Waals surface area contributed by atoms with Crippen molar-refractivity contribution in [3.63, 3.8) is 0 Å². The van der Waals surface area contributed by atoms with Crippen molar-refractivity contribution in [2.24, 2.45) is 5.92 Å². The van der Waals surface area contributed by atoms with E-state index in [0.717, 1.165) is 0 Å². The van der Waals surface area contributed by atoms with Crippen molar-refractivity contribution < 1.29 is 19.4 Å². The summed E-state index contributed by atoms with van der Waals surface area (Å²) in [6.45, 7) is 4.63. The molecule has 0 bridgehead atoms. The van der Waals surface area contributed by atoms with E-state index in [1.165, 1.54) is 4.90 Å². The van der Waals surface area contributed by atoms with Crippen LogP contribution in [0.25, 0.3) is 0 Å². The Morgan fingerprint density at radius 3 is 2.79 bits per heavy atom. The quantitative estimate of drug-likeness (QED) is 0.770. The van der Waals surface area contributed by atoms with Crippen molar-refractivity contribution in [1.29, 1.82) is 5.26 Å². The number of nitriles is 1. The van der Waals surface area contributed by atoms with Crippen molar-refractivity contribution in [3.05, 3.63) is 0 Å². The van der Waals surface area contributed by atoms with Gasteiger partial charge in [0, 0.05) is 12.6 Å². The smallest absolute Gasteiger partial charge is 0.317 e. The monoisotopic (exact) mass is 269 g/mol. The number of rotatable bonds is 4. The summed E-state index contributed by atoms with van der Waals surface area (Å²) >= 11 is 0. The van der Waals surface area contributed by atoms with Crippen molar-refractivity contribution in [2.75, 3.05) is 19.7 Å². The Kier molecular flexibility index (Phi) is 5.57. The lowest BCUT2D eigenvalue weighted by Crippen LogP contribution is -2.52. The summed E-state index contributed by atoms with van der Waals surface area (Å²) in [7, 11) is 0. The predicted molar refractivity (Wildman–Crippen MR) is 66.3 cm³/mol. The number of carboxylic acids is 1. The molecule has 2 N–H and O–H groups in total. The van der Waals surface area contributed by atoms with Gasteiger partial charge in [-0.2, -0.15) is 5.26 Å². The summed E-state index contributed by atoms with van der Waals surface area (Å²) in [5, 5.41) is 20.3. The van der Waals surface area contributed by atoms with Crippen LogP contribution in [0.2, 0.25) is 0 Å². The molecular formula is C12H19N3O4. The lowest BCUT2D eigenvalue weighted by Gasteiger charge is -2.32. The molecule has 19 heavy (non-hydrogen) atoms. The number of carboxylic acid groups (broad SMARTS) is 1. The topological polar surface area (TPSA) is 103 Å². The molecule has 0 aromatic carbocycles. The average Bonchev–Trinajstić information content (AvgIpc) is 2.37. The highest BCUT2D eigenvalue weighted by Gasteiger charge is 2.27. The molecule has 0 aromatic rings. The Balaban J connectivity index is 2.56. The summed E-state index contributed by atoms with van der Waals surface area (Å²) in [4.78, 5) is 24.2.